The Bertz CT molecular complexity index is 652. The fourth-order valence-corrected chi connectivity index (χ4v) is 6.16. The first-order chi connectivity index (χ1) is 11.1. The second kappa shape index (κ2) is 5.93. The normalized spacial score (nSPS) is 29.1. The molecular weight excluding hydrogens is 308 g/mol. The van der Waals surface area contributed by atoms with Gasteiger partial charge >= 0.3 is 0 Å². The third kappa shape index (κ3) is 2.69. The maximum Gasteiger partial charge on any atom is 0.251 e. The molecule has 3 aliphatic carbocycles. The van der Waals surface area contributed by atoms with E-state index in [-0.39, 0.29) is 11.8 Å². The largest absolute Gasteiger partial charge is 0.365 e. The van der Waals surface area contributed by atoms with Crippen molar-refractivity contribution in [2.45, 2.75) is 57.8 Å². The summed E-state index contributed by atoms with van der Waals surface area (Å²) in [5.74, 6) is 1.14. The van der Waals surface area contributed by atoms with Crippen LogP contribution in [0.4, 0.5) is 5.00 Å². The molecule has 0 aromatic carbocycles. The van der Waals surface area contributed by atoms with Crippen LogP contribution in [-0.4, -0.2) is 11.8 Å². The van der Waals surface area contributed by atoms with Crippen LogP contribution >= 0.6 is 11.3 Å². The molecule has 2 fully saturated rings. The third-order valence-electron chi connectivity index (χ3n) is 5.98. The molecular formula is C18H24N2O2S. The van der Waals surface area contributed by atoms with E-state index in [2.05, 4.69) is 5.32 Å². The van der Waals surface area contributed by atoms with E-state index in [0.717, 1.165) is 43.6 Å². The van der Waals surface area contributed by atoms with Gasteiger partial charge in [-0.25, -0.2) is 0 Å². The lowest BCUT2D eigenvalue weighted by Gasteiger charge is -2.20. The first kappa shape index (κ1) is 15.2. The molecule has 0 aliphatic heterocycles. The second-order valence-corrected chi connectivity index (χ2v) is 8.51. The lowest BCUT2D eigenvalue weighted by Crippen LogP contribution is -2.28. The van der Waals surface area contributed by atoms with Crippen molar-refractivity contribution in [2.24, 2.45) is 23.5 Å². The quantitative estimate of drug-likeness (QED) is 0.832. The third-order valence-corrected chi connectivity index (χ3v) is 7.19. The lowest BCUT2D eigenvalue weighted by atomic mass is 9.88. The van der Waals surface area contributed by atoms with E-state index in [4.69, 9.17) is 5.73 Å². The molecule has 2 amide bonds. The number of carbonyl (C=O) groups is 2. The number of aryl methyl sites for hydroxylation is 1. The number of nitrogens with two attached hydrogens (primary N) is 1. The first-order valence-electron chi connectivity index (χ1n) is 8.88. The summed E-state index contributed by atoms with van der Waals surface area (Å²) in [6.07, 6.45) is 10.1. The summed E-state index contributed by atoms with van der Waals surface area (Å²) >= 11 is 1.58. The fourth-order valence-electron chi connectivity index (χ4n) is 4.86. The van der Waals surface area contributed by atoms with Gasteiger partial charge < -0.3 is 11.1 Å². The van der Waals surface area contributed by atoms with Crippen LogP contribution in [0, 0.1) is 17.8 Å². The van der Waals surface area contributed by atoms with E-state index in [9.17, 15) is 9.59 Å². The molecule has 3 atom stereocenters. The van der Waals surface area contributed by atoms with Gasteiger partial charge in [-0.3, -0.25) is 9.59 Å². The molecule has 3 N–H and O–H groups in total. The SMILES string of the molecule is NC(=O)c1c(NC(=O)C2CC3CCC2C3)sc2c1CCCCC2. The van der Waals surface area contributed by atoms with Crippen LogP contribution in [0.5, 0.6) is 0 Å². The van der Waals surface area contributed by atoms with Crippen LogP contribution in [0.15, 0.2) is 0 Å². The number of hydrogen-bond donors (Lipinski definition) is 2. The van der Waals surface area contributed by atoms with Gasteiger partial charge in [0.05, 0.1) is 5.56 Å². The minimum absolute atomic E-state index is 0.108. The molecule has 1 aromatic heterocycles. The Morgan fingerprint density at radius 2 is 1.91 bits per heavy atom. The fraction of sp³-hybridized carbons (Fsp3) is 0.667. The molecule has 3 unspecified atom stereocenters. The van der Waals surface area contributed by atoms with Crippen LogP contribution < -0.4 is 11.1 Å². The number of thiophene rings is 1. The molecule has 1 aromatic rings. The van der Waals surface area contributed by atoms with Crippen molar-refractivity contribution in [3.05, 3.63) is 16.0 Å². The minimum atomic E-state index is -0.396. The number of amides is 2. The standard InChI is InChI=1S/C18H24N2O2S/c19-16(21)15-12-4-2-1-3-5-14(12)23-18(15)20-17(22)13-9-10-6-7-11(13)8-10/h10-11,13H,1-9H2,(H2,19,21)(H,20,22). The van der Waals surface area contributed by atoms with Crippen molar-refractivity contribution in [1.82, 2.24) is 0 Å². The number of fused-ring (bicyclic) bond motifs is 3. The molecule has 4 rings (SSSR count). The average molecular weight is 332 g/mol. The topological polar surface area (TPSA) is 72.2 Å². The van der Waals surface area contributed by atoms with Crippen molar-refractivity contribution in [3.8, 4) is 0 Å². The molecule has 5 heteroatoms. The average Bonchev–Trinajstić information content (AvgIpc) is 3.18. The second-order valence-electron chi connectivity index (χ2n) is 7.40. The minimum Gasteiger partial charge on any atom is -0.365 e. The monoisotopic (exact) mass is 332 g/mol. The van der Waals surface area contributed by atoms with Crippen molar-refractivity contribution in [1.29, 1.82) is 0 Å². The Morgan fingerprint density at radius 1 is 1.09 bits per heavy atom. The van der Waals surface area contributed by atoms with Gasteiger partial charge in [0.2, 0.25) is 5.91 Å². The first-order valence-corrected chi connectivity index (χ1v) is 9.70. The predicted molar refractivity (Wildman–Crippen MR) is 91.7 cm³/mol. The number of primary amides is 1. The van der Waals surface area contributed by atoms with Crippen LogP contribution in [-0.2, 0) is 17.6 Å². The number of nitrogens with one attached hydrogen (secondary N) is 1. The van der Waals surface area contributed by atoms with E-state index >= 15 is 0 Å². The van der Waals surface area contributed by atoms with Gasteiger partial charge in [0, 0.05) is 10.8 Å². The zero-order valence-electron chi connectivity index (χ0n) is 13.4. The van der Waals surface area contributed by atoms with Gasteiger partial charge in [0.15, 0.2) is 0 Å². The predicted octanol–water partition coefficient (Wildman–Crippen LogP) is 3.49. The highest BCUT2D eigenvalue weighted by Gasteiger charge is 2.43. The van der Waals surface area contributed by atoms with Gasteiger partial charge in [-0.2, -0.15) is 0 Å². The molecule has 2 saturated carbocycles. The van der Waals surface area contributed by atoms with Gasteiger partial charge in [-0.1, -0.05) is 12.8 Å². The van der Waals surface area contributed by atoms with Crippen LogP contribution in [0.2, 0.25) is 0 Å². The summed E-state index contributed by atoms with van der Waals surface area (Å²) in [5.41, 5.74) is 7.33. The van der Waals surface area contributed by atoms with Gasteiger partial charge in [-0.15, -0.1) is 11.3 Å². The Balaban J connectivity index is 1.59. The maximum atomic E-state index is 12.7. The summed E-state index contributed by atoms with van der Waals surface area (Å²) in [6.45, 7) is 0. The van der Waals surface area contributed by atoms with E-state index in [1.807, 2.05) is 0 Å². The van der Waals surface area contributed by atoms with Crippen LogP contribution in [0.25, 0.3) is 0 Å². The molecule has 2 bridgehead atoms. The molecule has 4 nitrogen and oxygen atoms in total. The molecule has 0 spiro atoms. The van der Waals surface area contributed by atoms with Gasteiger partial charge in [0.1, 0.15) is 5.00 Å². The van der Waals surface area contributed by atoms with Crippen molar-refractivity contribution in [2.75, 3.05) is 5.32 Å². The molecule has 0 saturated heterocycles. The number of rotatable bonds is 3. The Morgan fingerprint density at radius 3 is 2.61 bits per heavy atom. The highest BCUT2D eigenvalue weighted by molar-refractivity contribution is 7.17. The summed E-state index contributed by atoms with van der Waals surface area (Å²) in [4.78, 5) is 25.9. The summed E-state index contributed by atoms with van der Waals surface area (Å²) in [6, 6.07) is 0. The van der Waals surface area contributed by atoms with E-state index in [1.165, 1.54) is 30.6 Å². The van der Waals surface area contributed by atoms with Crippen LogP contribution in [0.3, 0.4) is 0 Å². The number of hydrogen-bond acceptors (Lipinski definition) is 3. The lowest BCUT2D eigenvalue weighted by molar-refractivity contribution is -0.121. The maximum absolute atomic E-state index is 12.7. The van der Waals surface area contributed by atoms with Crippen molar-refractivity contribution >= 4 is 28.2 Å². The molecule has 1 heterocycles. The smallest absolute Gasteiger partial charge is 0.251 e. The molecule has 23 heavy (non-hydrogen) atoms. The van der Waals surface area contributed by atoms with Gasteiger partial charge in [0.25, 0.3) is 5.91 Å². The molecule has 3 aliphatic rings. The van der Waals surface area contributed by atoms with Gasteiger partial charge in [-0.05, 0) is 62.3 Å². The Hall–Kier alpha value is -1.36. The summed E-state index contributed by atoms with van der Waals surface area (Å²) in [5, 5.41) is 3.78. The van der Waals surface area contributed by atoms with E-state index in [0.29, 0.717) is 16.5 Å². The molecule has 0 radical (unpaired) electrons. The molecule has 124 valence electrons. The summed E-state index contributed by atoms with van der Waals surface area (Å²) < 4.78 is 0. The van der Waals surface area contributed by atoms with E-state index < -0.39 is 5.91 Å². The zero-order chi connectivity index (χ0) is 16.0. The highest BCUT2D eigenvalue weighted by atomic mass is 32.1. The van der Waals surface area contributed by atoms with Crippen molar-refractivity contribution in [3.63, 3.8) is 0 Å². The number of carbonyl (C=O) groups excluding carboxylic acids is 2. The Labute approximate surface area is 140 Å². The van der Waals surface area contributed by atoms with E-state index in [1.54, 1.807) is 11.3 Å². The van der Waals surface area contributed by atoms with Crippen molar-refractivity contribution < 1.29 is 9.59 Å². The number of anilines is 1. The van der Waals surface area contributed by atoms with Crippen LogP contribution in [0.1, 0.15) is 65.7 Å². The zero-order valence-corrected chi connectivity index (χ0v) is 14.2. The Kier molecular flexibility index (Phi) is 3.92. The summed E-state index contributed by atoms with van der Waals surface area (Å²) in [7, 11) is 0. The highest BCUT2D eigenvalue weighted by Crippen LogP contribution is 2.49.